The largest absolute Gasteiger partial charge is 0.435 e. The van der Waals surface area contributed by atoms with Crippen molar-refractivity contribution in [3.8, 4) is 5.82 Å². The van der Waals surface area contributed by atoms with Crippen molar-refractivity contribution >= 4 is 5.69 Å². The smallest absolute Gasteiger partial charge is 0.396 e. The maximum Gasteiger partial charge on any atom is 0.435 e. The van der Waals surface area contributed by atoms with Crippen LogP contribution in [-0.4, -0.2) is 14.8 Å². The normalized spacial score (nSPS) is 11.8. The molecule has 0 fully saturated rings. The van der Waals surface area contributed by atoms with Crippen molar-refractivity contribution in [1.29, 1.82) is 0 Å². The van der Waals surface area contributed by atoms with Crippen LogP contribution < -0.4 is 5.73 Å². The fourth-order valence-electron chi connectivity index (χ4n) is 1.47. The van der Waals surface area contributed by atoms with Crippen molar-refractivity contribution in [2.45, 2.75) is 13.1 Å². The number of hydrogen-bond acceptors (Lipinski definition) is 3. The third kappa shape index (κ3) is 2.08. The second-order valence-electron chi connectivity index (χ2n) is 3.50. The Morgan fingerprint density at radius 1 is 1.29 bits per heavy atom. The van der Waals surface area contributed by atoms with Gasteiger partial charge in [0.25, 0.3) is 0 Å². The lowest BCUT2D eigenvalue weighted by atomic mass is 10.3. The Morgan fingerprint density at radius 3 is 2.59 bits per heavy atom. The quantitative estimate of drug-likeness (QED) is 0.833. The summed E-state index contributed by atoms with van der Waals surface area (Å²) in [5.74, 6) is 0.0917. The number of hydrogen-bond donors (Lipinski definition) is 1. The summed E-state index contributed by atoms with van der Waals surface area (Å²) in [6.45, 7) is 1.68. The molecule has 0 aliphatic carbocycles. The minimum absolute atomic E-state index is 0.0917. The number of nitrogens with two attached hydrogens (primary N) is 1. The van der Waals surface area contributed by atoms with Crippen LogP contribution in [0.5, 0.6) is 0 Å². The fraction of sp³-hybridized carbons (Fsp3) is 0.200. The third-order valence-electron chi connectivity index (χ3n) is 2.16. The number of aromatic nitrogens is 3. The van der Waals surface area contributed by atoms with Gasteiger partial charge in [-0.15, -0.1) is 0 Å². The Kier molecular flexibility index (Phi) is 2.53. The van der Waals surface area contributed by atoms with Crippen molar-refractivity contribution in [3.05, 3.63) is 35.8 Å². The molecular weight excluding hydrogens is 233 g/mol. The molecule has 0 unspecified atom stereocenters. The molecule has 2 N–H and O–H groups in total. The zero-order valence-corrected chi connectivity index (χ0v) is 8.86. The molecule has 2 aromatic rings. The highest BCUT2D eigenvalue weighted by Crippen LogP contribution is 2.34. The summed E-state index contributed by atoms with van der Waals surface area (Å²) >= 11 is 0. The molecule has 4 nitrogen and oxygen atoms in total. The predicted octanol–water partition coefficient (Wildman–Crippen LogP) is 2.18. The Bertz CT molecular complexity index is 545. The van der Waals surface area contributed by atoms with E-state index in [1.54, 1.807) is 19.1 Å². The molecule has 0 saturated heterocycles. The number of pyridine rings is 1. The van der Waals surface area contributed by atoms with Gasteiger partial charge in [0, 0.05) is 5.69 Å². The van der Waals surface area contributed by atoms with Crippen molar-refractivity contribution < 1.29 is 13.2 Å². The molecule has 0 bridgehead atoms. The van der Waals surface area contributed by atoms with Gasteiger partial charge in [-0.25, -0.2) is 9.67 Å². The van der Waals surface area contributed by atoms with Crippen LogP contribution in [0.3, 0.4) is 0 Å². The van der Waals surface area contributed by atoms with Crippen LogP contribution in [0.15, 0.2) is 24.4 Å². The molecular formula is C10H9F3N4. The average Bonchev–Trinajstić information content (AvgIpc) is 2.59. The van der Waals surface area contributed by atoms with Crippen LogP contribution in [-0.2, 0) is 6.18 Å². The second kappa shape index (κ2) is 3.76. The van der Waals surface area contributed by atoms with E-state index in [1.165, 1.54) is 6.07 Å². The van der Waals surface area contributed by atoms with Gasteiger partial charge >= 0.3 is 6.18 Å². The summed E-state index contributed by atoms with van der Waals surface area (Å²) in [4.78, 5) is 3.98. The summed E-state index contributed by atoms with van der Waals surface area (Å²) < 4.78 is 39.0. The van der Waals surface area contributed by atoms with Crippen LogP contribution in [0.4, 0.5) is 18.9 Å². The van der Waals surface area contributed by atoms with Crippen molar-refractivity contribution in [2.75, 3.05) is 5.73 Å². The molecule has 2 heterocycles. The Hall–Kier alpha value is -2.05. The van der Waals surface area contributed by atoms with E-state index in [4.69, 9.17) is 5.73 Å². The molecule has 0 aliphatic heterocycles. The van der Waals surface area contributed by atoms with Crippen molar-refractivity contribution in [1.82, 2.24) is 14.8 Å². The van der Waals surface area contributed by atoms with E-state index in [9.17, 15) is 13.2 Å². The Morgan fingerprint density at radius 2 is 2.00 bits per heavy atom. The number of halogens is 3. The zero-order chi connectivity index (χ0) is 12.6. The van der Waals surface area contributed by atoms with Crippen LogP contribution >= 0.6 is 0 Å². The summed E-state index contributed by atoms with van der Waals surface area (Å²) in [5, 5.41) is 3.60. The maximum atomic E-state index is 12.8. The molecule has 0 atom stereocenters. The van der Waals surface area contributed by atoms with E-state index >= 15 is 0 Å². The number of rotatable bonds is 1. The van der Waals surface area contributed by atoms with Gasteiger partial charge in [0.15, 0.2) is 11.5 Å². The summed E-state index contributed by atoms with van der Waals surface area (Å²) in [6.07, 6.45) is -3.60. The lowest BCUT2D eigenvalue weighted by Crippen LogP contribution is -2.16. The monoisotopic (exact) mass is 242 g/mol. The molecule has 0 radical (unpaired) electrons. The minimum Gasteiger partial charge on any atom is -0.396 e. The van der Waals surface area contributed by atoms with Crippen LogP contribution in [0, 0.1) is 6.92 Å². The number of nitrogens with zero attached hydrogens (tertiary/aromatic N) is 3. The van der Waals surface area contributed by atoms with Gasteiger partial charge in [-0.1, -0.05) is 6.07 Å². The SMILES string of the molecule is Cc1cccc(-n2ncc(N)c2C(F)(F)F)n1. The van der Waals surface area contributed by atoms with Crippen LogP contribution in [0.2, 0.25) is 0 Å². The Balaban J connectivity index is 2.61. The highest BCUT2D eigenvalue weighted by Gasteiger charge is 2.38. The summed E-state index contributed by atoms with van der Waals surface area (Å²) in [6, 6.07) is 4.73. The van der Waals surface area contributed by atoms with E-state index in [0.29, 0.717) is 10.4 Å². The van der Waals surface area contributed by atoms with Crippen LogP contribution in [0.25, 0.3) is 5.82 Å². The zero-order valence-electron chi connectivity index (χ0n) is 8.86. The highest BCUT2D eigenvalue weighted by molar-refractivity contribution is 5.46. The number of anilines is 1. The first kappa shape index (κ1) is 11.4. The second-order valence-corrected chi connectivity index (χ2v) is 3.50. The van der Waals surface area contributed by atoms with Gasteiger partial charge in [-0.2, -0.15) is 18.3 Å². The molecule has 2 aromatic heterocycles. The van der Waals surface area contributed by atoms with E-state index in [2.05, 4.69) is 10.1 Å². The van der Waals surface area contributed by atoms with Gasteiger partial charge < -0.3 is 5.73 Å². The lowest BCUT2D eigenvalue weighted by molar-refractivity contribution is -0.142. The molecule has 17 heavy (non-hydrogen) atoms. The molecule has 2 rings (SSSR count). The van der Waals surface area contributed by atoms with Gasteiger partial charge in [0.1, 0.15) is 0 Å². The van der Waals surface area contributed by atoms with E-state index in [1.807, 2.05) is 0 Å². The van der Waals surface area contributed by atoms with Gasteiger partial charge in [-0.3, -0.25) is 0 Å². The molecule has 90 valence electrons. The topological polar surface area (TPSA) is 56.7 Å². The number of nitrogen functional groups attached to an aromatic ring is 1. The number of alkyl halides is 3. The lowest BCUT2D eigenvalue weighted by Gasteiger charge is -2.10. The van der Waals surface area contributed by atoms with E-state index in [-0.39, 0.29) is 5.82 Å². The minimum atomic E-state index is -4.56. The first-order chi connectivity index (χ1) is 7.89. The third-order valence-corrected chi connectivity index (χ3v) is 2.16. The molecule has 0 spiro atoms. The first-order valence-corrected chi connectivity index (χ1v) is 4.74. The summed E-state index contributed by atoms with van der Waals surface area (Å²) in [5.41, 5.74) is 4.45. The molecule has 0 amide bonds. The standard InChI is InChI=1S/C10H9F3N4/c1-6-3-2-4-8(16-6)17-9(10(11,12)13)7(14)5-15-17/h2-5H,14H2,1H3. The molecule has 0 saturated carbocycles. The summed E-state index contributed by atoms with van der Waals surface area (Å²) in [7, 11) is 0. The first-order valence-electron chi connectivity index (χ1n) is 4.74. The fourth-order valence-corrected chi connectivity index (χ4v) is 1.47. The van der Waals surface area contributed by atoms with Crippen molar-refractivity contribution in [3.63, 3.8) is 0 Å². The molecule has 0 aliphatic rings. The van der Waals surface area contributed by atoms with Crippen LogP contribution in [0.1, 0.15) is 11.4 Å². The van der Waals surface area contributed by atoms with Gasteiger partial charge in [0.05, 0.1) is 11.9 Å². The Labute approximate surface area is 94.9 Å². The predicted molar refractivity (Wildman–Crippen MR) is 55.5 cm³/mol. The van der Waals surface area contributed by atoms with Gasteiger partial charge in [-0.05, 0) is 19.1 Å². The maximum absolute atomic E-state index is 12.8. The van der Waals surface area contributed by atoms with E-state index in [0.717, 1.165) is 6.20 Å². The average molecular weight is 242 g/mol. The number of aryl methyl sites for hydroxylation is 1. The van der Waals surface area contributed by atoms with E-state index < -0.39 is 17.6 Å². The highest BCUT2D eigenvalue weighted by atomic mass is 19.4. The molecule has 7 heteroatoms. The molecule has 0 aromatic carbocycles. The van der Waals surface area contributed by atoms with Crippen molar-refractivity contribution in [2.24, 2.45) is 0 Å². The van der Waals surface area contributed by atoms with Gasteiger partial charge in [0.2, 0.25) is 0 Å².